The zero-order valence-corrected chi connectivity index (χ0v) is 18.2. The van der Waals surface area contributed by atoms with E-state index in [0.29, 0.717) is 19.6 Å². The number of pyridine rings is 1. The standard InChI is InChI=1S/C20H25N5O2.HI/c1-21-20(23-11-9-16-4-2-3-10-22-16)24-12-13-27-17-6-7-18-15(14-17)5-8-19(26)25-18;/h2-4,6-7,10,14H,5,8-9,11-13H2,1H3,(H,25,26)(H2,21,23,24);1H. The van der Waals surface area contributed by atoms with Crippen LogP contribution in [0.25, 0.3) is 0 Å². The average Bonchev–Trinajstić information content (AvgIpc) is 2.70. The number of aromatic nitrogens is 1. The number of hydrogen-bond acceptors (Lipinski definition) is 4. The first kappa shape index (κ1) is 21.9. The Hall–Kier alpha value is -2.36. The molecule has 1 aromatic heterocycles. The molecule has 7 nitrogen and oxygen atoms in total. The number of fused-ring (bicyclic) bond motifs is 1. The molecule has 1 amide bonds. The van der Waals surface area contributed by atoms with E-state index in [2.05, 4.69) is 25.9 Å². The van der Waals surface area contributed by atoms with Gasteiger partial charge in [-0.3, -0.25) is 14.8 Å². The van der Waals surface area contributed by atoms with Crippen molar-refractivity contribution in [2.75, 3.05) is 32.1 Å². The van der Waals surface area contributed by atoms with Gasteiger partial charge >= 0.3 is 0 Å². The fourth-order valence-electron chi connectivity index (χ4n) is 2.86. The number of nitrogens with one attached hydrogen (secondary N) is 3. The Labute approximate surface area is 182 Å². The smallest absolute Gasteiger partial charge is 0.224 e. The Morgan fingerprint density at radius 1 is 1.21 bits per heavy atom. The van der Waals surface area contributed by atoms with E-state index in [9.17, 15) is 4.79 Å². The minimum Gasteiger partial charge on any atom is -0.492 e. The van der Waals surface area contributed by atoms with Crippen LogP contribution in [0.5, 0.6) is 5.75 Å². The number of benzene rings is 1. The second-order valence-electron chi connectivity index (χ2n) is 6.21. The lowest BCUT2D eigenvalue weighted by Crippen LogP contribution is -2.40. The van der Waals surface area contributed by atoms with Gasteiger partial charge in [0.05, 0.1) is 6.54 Å². The van der Waals surface area contributed by atoms with Crippen LogP contribution in [-0.2, 0) is 17.6 Å². The van der Waals surface area contributed by atoms with Gasteiger partial charge in [0.1, 0.15) is 12.4 Å². The van der Waals surface area contributed by atoms with Crippen LogP contribution in [0.3, 0.4) is 0 Å². The molecule has 0 atom stereocenters. The summed E-state index contributed by atoms with van der Waals surface area (Å²) in [7, 11) is 1.74. The number of hydrogen-bond donors (Lipinski definition) is 3. The van der Waals surface area contributed by atoms with Crippen molar-refractivity contribution in [2.45, 2.75) is 19.3 Å². The number of aryl methyl sites for hydroxylation is 1. The molecule has 1 aliphatic rings. The summed E-state index contributed by atoms with van der Waals surface area (Å²) in [4.78, 5) is 19.9. The molecule has 0 bridgehead atoms. The minimum atomic E-state index is 0. The molecule has 0 radical (unpaired) electrons. The number of aliphatic imine (C=N–C) groups is 1. The first-order valence-corrected chi connectivity index (χ1v) is 9.14. The maximum absolute atomic E-state index is 11.4. The number of guanidine groups is 1. The molecule has 2 heterocycles. The third kappa shape index (κ3) is 6.66. The molecule has 8 heteroatoms. The lowest BCUT2D eigenvalue weighted by molar-refractivity contribution is -0.116. The van der Waals surface area contributed by atoms with E-state index >= 15 is 0 Å². The number of carbonyl (C=O) groups excluding carboxylic acids is 1. The van der Waals surface area contributed by atoms with Crippen molar-refractivity contribution in [3.63, 3.8) is 0 Å². The number of rotatable bonds is 7. The monoisotopic (exact) mass is 495 g/mol. The molecule has 3 N–H and O–H groups in total. The molecule has 1 aliphatic heterocycles. The van der Waals surface area contributed by atoms with Gasteiger partial charge in [0.25, 0.3) is 0 Å². The summed E-state index contributed by atoms with van der Waals surface area (Å²) < 4.78 is 5.80. The summed E-state index contributed by atoms with van der Waals surface area (Å²) in [5.41, 5.74) is 3.05. The quantitative estimate of drug-likeness (QED) is 0.238. The lowest BCUT2D eigenvalue weighted by atomic mass is 10.0. The molecule has 0 fully saturated rings. The fourth-order valence-corrected chi connectivity index (χ4v) is 2.86. The molecule has 0 saturated heterocycles. The normalized spacial score (nSPS) is 13.0. The molecular formula is C20H26IN5O2. The average molecular weight is 495 g/mol. The van der Waals surface area contributed by atoms with Gasteiger partial charge < -0.3 is 20.7 Å². The molecule has 1 aromatic carbocycles. The topological polar surface area (TPSA) is 87.6 Å². The number of carbonyl (C=O) groups is 1. The number of ether oxygens (including phenoxy) is 1. The van der Waals surface area contributed by atoms with Gasteiger partial charge in [-0.05, 0) is 42.3 Å². The number of halogens is 1. The summed E-state index contributed by atoms with van der Waals surface area (Å²) in [6.45, 7) is 1.91. The van der Waals surface area contributed by atoms with Gasteiger partial charge in [-0.1, -0.05) is 6.07 Å². The highest BCUT2D eigenvalue weighted by Crippen LogP contribution is 2.26. The molecule has 0 unspecified atom stereocenters. The van der Waals surface area contributed by atoms with E-state index in [1.54, 1.807) is 13.2 Å². The van der Waals surface area contributed by atoms with Crippen LogP contribution in [0, 0.1) is 0 Å². The van der Waals surface area contributed by atoms with Crippen LogP contribution in [0.4, 0.5) is 5.69 Å². The fraction of sp³-hybridized carbons (Fsp3) is 0.350. The van der Waals surface area contributed by atoms with Gasteiger partial charge in [0, 0.05) is 44.0 Å². The second kappa shape index (κ2) is 11.5. The minimum absolute atomic E-state index is 0. The second-order valence-corrected chi connectivity index (χ2v) is 6.21. The van der Waals surface area contributed by atoms with Gasteiger partial charge in [-0.2, -0.15) is 0 Å². The largest absolute Gasteiger partial charge is 0.492 e. The molecule has 3 rings (SSSR count). The highest BCUT2D eigenvalue weighted by molar-refractivity contribution is 14.0. The van der Waals surface area contributed by atoms with Crippen LogP contribution in [0.15, 0.2) is 47.6 Å². The van der Waals surface area contributed by atoms with E-state index in [4.69, 9.17) is 4.74 Å². The Balaban J connectivity index is 0.00000280. The summed E-state index contributed by atoms with van der Waals surface area (Å²) in [6.07, 6.45) is 3.92. The van der Waals surface area contributed by atoms with Crippen molar-refractivity contribution >= 4 is 41.5 Å². The van der Waals surface area contributed by atoms with E-state index in [1.165, 1.54) is 0 Å². The van der Waals surface area contributed by atoms with Crippen LogP contribution in [-0.4, -0.2) is 43.6 Å². The maximum Gasteiger partial charge on any atom is 0.224 e. The van der Waals surface area contributed by atoms with E-state index < -0.39 is 0 Å². The van der Waals surface area contributed by atoms with Crippen molar-refractivity contribution in [1.82, 2.24) is 15.6 Å². The Morgan fingerprint density at radius 2 is 2.07 bits per heavy atom. The highest BCUT2D eigenvalue weighted by atomic mass is 127. The van der Waals surface area contributed by atoms with Crippen molar-refractivity contribution in [3.8, 4) is 5.75 Å². The van der Waals surface area contributed by atoms with Crippen molar-refractivity contribution in [3.05, 3.63) is 53.9 Å². The summed E-state index contributed by atoms with van der Waals surface area (Å²) in [5, 5.41) is 9.37. The molecule has 0 aliphatic carbocycles. The highest BCUT2D eigenvalue weighted by Gasteiger charge is 2.14. The van der Waals surface area contributed by atoms with E-state index in [0.717, 1.165) is 48.0 Å². The van der Waals surface area contributed by atoms with Gasteiger partial charge in [0.2, 0.25) is 5.91 Å². The predicted molar refractivity (Wildman–Crippen MR) is 122 cm³/mol. The van der Waals surface area contributed by atoms with Crippen molar-refractivity contribution < 1.29 is 9.53 Å². The summed E-state index contributed by atoms with van der Waals surface area (Å²) in [5.74, 6) is 1.62. The Bertz CT molecular complexity index is 798. The van der Waals surface area contributed by atoms with E-state index in [-0.39, 0.29) is 29.9 Å². The zero-order chi connectivity index (χ0) is 18.9. The molecule has 28 heavy (non-hydrogen) atoms. The van der Waals surface area contributed by atoms with E-state index in [1.807, 2.05) is 36.4 Å². The third-order valence-electron chi connectivity index (χ3n) is 4.26. The molecule has 150 valence electrons. The van der Waals surface area contributed by atoms with Crippen LogP contribution in [0.1, 0.15) is 17.7 Å². The molecule has 2 aromatic rings. The summed E-state index contributed by atoms with van der Waals surface area (Å²) in [6, 6.07) is 11.7. The number of amides is 1. The first-order chi connectivity index (χ1) is 13.2. The van der Waals surface area contributed by atoms with Gasteiger partial charge in [-0.25, -0.2) is 0 Å². The maximum atomic E-state index is 11.4. The van der Waals surface area contributed by atoms with Gasteiger partial charge in [-0.15, -0.1) is 24.0 Å². The number of nitrogens with zero attached hydrogens (tertiary/aromatic N) is 2. The van der Waals surface area contributed by atoms with Crippen molar-refractivity contribution in [2.24, 2.45) is 4.99 Å². The Kier molecular flexibility index (Phi) is 8.99. The zero-order valence-electron chi connectivity index (χ0n) is 15.9. The first-order valence-electron chi connectivity index (χ1n) is 9.14. The number of anilines is 1. The molecule has 0 spiro atoms. The summed E-state index contributed by atoms with van der Waals surface area (Å²) >= 11 is 0. The van der Waals surface area contributed by atoms with Crippen LogP contribution in [0.2, 0.25) is 0 Å². The Morgan fingerprint density at radius 3 is 2.86 bits per heavy atom. The lowest BCUT2D eigenvalue weighted by Gasteiger charge is -2.18. The third-order valence-corrected chi connectivity index (χ3v) is 4.26. The SMILES string of the molecule is CN=C(NCCOc1ccc2c(c1)CCC(=O)N2)NCCc1ccccn1.I. The van der Waals surface area contributed by atoms with Crippen LogP contribution >= 0.6 is 24.0 Å². The van der Waals surface area contributed by atoms with Crippen LogP contribution < -0.4 is 20.7 Å². The predicted octanol–water partition coefficient (Wildman–Crippen LogP) is 2.37. The molecule has 0 saturated carbocycles. The van der Waals surface area contributed by atoms with Crippen molar-refractivity contribution in [1.29, 1.82) is 0 Å². The van der Waals surface area contributed by atoms with Gasteiger partial charge in [0.15, 0.2) is 5.96 Å². The molecular weight excluding hydrogens is 469 g/mol.